The second kappa shape index (κ2) is 10.1. The summed E-state index contributed by atoms with van der Waals surface area (Å²) in [6.45, 7) is 5.73. The molecule has 0 spiro atoms. The SMILES string of the molecule is C[B]OOCB=O.Cc1cc2c(C)[nH]nc2cc1N(C)c1ccnc(Cl)n1. The van der Waals surface area contributed by atoms with E-state index in [9.17, 15) is 4.70 Å². The van der Waals surface area contributed by atoms with E-state index in [1.54, 1.807) is 13.0 Å². The van der Waals surface area contributed by atoms with Crippen LogP contribution in [0, 0.1) is 13.8 Å². The van der Waals surface area contributed by atoms with E-state index in [0.29, 0.717) is 7.15 Å². The Morgan fingerprint density at radius 2 is 2.11 bits per heavy atom. The Bertz CT molecular complexity index is 909. The van der Waals surface area contributed by atoms with Gasteiger partial charge in [-0.25, -0.2) is 9.97 Å². The smallest absolute Gasteiger partial charge is 0.224 e. The molecule has 3 rings (SSSR count). The van der Waals surface area contributed by atoms with E-state index in [1.807, 2.05) is 31.0 Å². The van der Waals surface area contributed by atoms with Gasteiger partial charge in [-0.2, -0.15) is 5.10 Å². The summed E-state index contributed by atoms with van der Waals surface area (Å²) in [5.41, 5.74) is 4.20. The van der Waals surface area contributed by atoms with Crippen molar-refractivity contribution in [3.8, 4) is 0 Å². The number of hydrogen-bond donors (Lipinski definition) is 1. The minimum absolute atomic E-state index is 0.00958. The molecule has 11 heteroatoms. The molecule has 1 N–H and O–H groups in total. The summed E-state index contributed by atoms with van der Waals surface area (Å²) in [6.07, 6.45) is 1.65. The molecular weight excluding hydrogens is 367 g/mol. The molecule has 0 saturated heterocycles. The fourth-order valence-electron chi connectivity index (χ4n) is 2.42. The fourth-order valence-corrected chi connectivity index (χ4v) is 2.56. The zero-order valence-electron chi connectivity index (χ0n) is 15.6. The summed E-state index contributed by atoms with van der Waals surface area (Å²) in [6, 6.07) is 6.00. The molecule has 0 atom stereocenters. The molecule has 0 bridgehead atoms. The molecule has 2 heterocycles. The van der Waals surface area contributed by atoms with Crippen molar-refractivity contribution in [3.05, 3.63) is 40.9 Å². The molecule has 2 aromatic heterocycles. The molecule has 139 valence electrons. The van der Waals surface area contributed by atoms with E-state index in [0.717, 1.165) is 33.7 Å². The van der Waals surface area contributed by atoms with Gasteiger partial charge in [0.1, 0.15) is 5.82 Å². The van der Waals surface area contributed by atoms with Crippen LogP contribution in [0.1, 0.15) is 11.3 Å². The zero-order valence-corrected chi connectivity index (χ0v) is 16.3. The van der Waals surface area contributed by atoms with Crippen LogP contribution in [0.5, 0.6) is 0 Å². The molecule has 0 aliphatic rings. The van der Waals surface area contributed by atoms with E-state index in [-0.39, 0.29) is 11.8 Å². The van der Waals surface area contributed by atoms with Crippen molar-refractivity contribution in [1.29, 1.82) is 0 Å². The van der Waals surface area contributed by atoms with Gasteiger partial charge in [-0.15, -0.1) is 0 Å². The number of anilines is 2. The quantitative estimate of drug-likeness (QED) is 0.229. The van der Waals surface area contributed by atoms with E-state index >= 15 is 0 Å². The first-order valence-electron chi connectivity index (χ1n) is 8.15. The number of aryl methyl sites for hydroxylation is 2. The third-order valence-electron chi connectivity index (χ3n) is 3.68. The first-order chi connectivity index (χ1) is 13.0. The van der Waals surface area contributed by atoms with Gasteiger partial charge in [0.2, 0.25) is 5.28 Å². The third kappa shape index (κ3) is 5.59. The number of nitrogens with zero attached hydrogens (tertiary/aromatic N) is 4. The Hall–Kier alpha value is -2.29. The van der Waals surface area contributed by atoms with Crippen molar-refractivity contribution < 1.29 is 14.4 Å². The average Bonchev–Trinajstić information content (AvgIpc) is 3.01. The van der Waals surface area contributed by atoms with Crippen molar-refractivity contribution in [2.24, 2.45) is 0 Å². The molecule has 0 fully saturated rings. The number of aromatic nitrogens is 4. The number of rotatable bonds is 6. The maximum absolute atomic E-state index is 9.46. The predicted octanol–water partition coefficient (Wildman–Crippen LogP) is 3.00. The first kappa shape index (κ1) is 21.0. The summed E-state index contributed by atoms with van der Waals surface area (Å²) in [4.78, 5) is 18.5. The van der Waals surface area contributed by atoms with Crippen molar-refractivity contribution in [3.63, 3.8) is 0 Å². The monoisotopic (exact) mass is 386 g/mol. The van der Waals surface area contributed by atoms with Crippen LogP contribution in [0.15, 0.2) is 24.4 Å². The Morgan fingerprint density at radius 1 is 1.33 bits per heavy atom. The summed E-state index contributed by atoms with van der Waals surface area (Å²) in [5.74, 6) is 0.750. The second-order valence-electron chi connectivity index (χ2n) is 5.53. The predicted molar refractivity (Wildman–Crippen MR) is 106 cm³/mol. The molecular formula is C16H19B2ClN5O3. The third-order valence-corrected chi connectivity index (χ3v) is 3.86. The minimum atomic E-state index is -0.00958. The topological polar surface area (TPSA) is 93.2 Å². The van der Waals surface area contributed by atoms with Crippen LogP contribution >= 0.6 is 11.6 Å². The van der Waals surface area contributed by atoms with Crippen molar-refractivity contribution in [2.75, 3.05) is 18.5 Å². The van der Waals surface area contributed by atoms with Crippen LogP contribution in [0.25, 0.3) is 10.9 Å². The summed E-state index contributed by atoms with van der Waals surface area (Å²) >= 11 is 5.85. The van der Waals surface area contributed by atoms with Crippen LogP contribution in [0.3, 0.4) is 0 Å². The maximum Gasteiger partial charge on any atom is 0.224 e. The van der Waals surface area contributed by atoms with Crippen LogP contribution in [0.4, 0.5) is 11.5 Å². The average molecular weight is 386 g/mol. The molecule has 27 heavy (non-hydrogen) atoms. The van der Waals surface area contributed by atoms with E-state index < -0.39 is 0 Å². The van der Waals surface area contributed by atoms with Crippen LogP contribution < -0.4 is 4.90 Å². The molecule has 0 aliphatic carbocycles. The molecule has 0 aliphatic heterocycles. The molecule has 1 aromatic carbocycles. The maximum atomic E-state index is 9.46. The molecule has 0 unspecified atom stereocenters. The van der Waals surface area contributed by atoms with Gasteiger partial charge in [-0.1, -0.05) is 0 Å². The summed E-state index contributed by atoms with van der Waals surface area (Å²) in [5, 5.41) is 8.69. The van der Waals surface area contributed by atoms with E-state index in [4.69, 9.17) is 11.6 Å². The fraction of sp³-hybridized carbons (Fsp3) is 0.312. The van der Waals surface area contributed by atoms with Crippen LogP contribution in [-0.4, -0.2) is 48.4 Å². The number of halogens is 1. The van der Waals surface area contributed by atoms with Gasteiger partial charge in [-0.3, -0.25) is 5.10 Å². The Kier molecular flexibility index (Phi) is 7.90. The van der Waals surface area contributed by atoms with Crippen molar-refractivity contribution in [2.45, 2.75) is 20.7 Å². The normalized spacial score (nSPS) is 10.1. The molecule has 0 saturated carbocycles. The summed E-state index contributed by atoms with van der Waals surface area (Å²) in [7, 11) is 3.92. The molecule has 1 radical (unpaired) electrons. The molecule has 8 nitrogen and oxygen atoms in total. The Labute approximate surface area is 163 Å². The minimum Gasteiger partial charge on any atom is -0.329 e. The standard InChI is InChI=1S/C14H14ClN5.C2H5B2O3/c1-8-6-10-9(2)18-19-11(10)7-12(8)20(3)13-4-5-16-14(15)17-13;1-3-7-6-2-4-5/h4-7H,1-3H3,(H,18,19);2H2,1H3. The van der Waals surface area contributed by atoms with E-state index in [1.165, 1.54) is 7.48 Å². The van der Waals surface area contributed by atoms with Gasteiger partial charge >= 0.3 is 42.4 Å². The molecule has 0 amide bonds. The van der Waals surface area contributed by atoms with Crippen molar-refractivity contribution >= 4 is 48.6 Å². The van der Waals surface area contributed by atoms with Crippen LogP contribution in [-0.2, 0) is 14.4 Å². The van der Waals surface area contributed by atoms with Crippen LogP contribution in [0.2, 0.25) is 12.1 Å². The second-order valence-corrected chi connectivity index (χ2v) is 5.87. The number of aromatic amines is 1. The van der Waals surface area contributed by atoms with E-state index in [2.05, 4.69) is 42.8 Å². The Morgan fingerprint density at radius 3 is 2.78 bits per heavy atom. The van der Waals surface area contributed by atoms with Gasteiger partial charge in [0.25, 0.3) is 0 Å². The Balaban J connectivity index is 0.000000321. The summed E-state index contributed by atoms with van der Waals surface area (Å²) < 4.78 is 9.46. The van der Waals surface area contributed by atoms with Crippen molar-refractivity contribution in [1.82, 2.24) is 20.2 Å². The van der Waals surface area contributed by atoms with Gasteiger partial charge < -0.3 is 4.90 Å². The van der Waals surface area contributed by atoms with Gasteiger partial charge in [0.15, 0.2) is 0 Å². The number of fused-ring (bicyclic) bond motifs is 1. The zero-order chi connectivity index (χ0) is 19.8. The largest absolute Gasteiger partial charge is 0.329 e. The number of nitrogens with one attached hydrogen (secondary N) is 1. The number of hydrogen-bond acceptors (Lipinski definition) is 7. The van der Waals surface area contributed by atoms with Gasteiger partial charge in [0, 0.05) is 30.0 Å². The number of benzene rings is 1. The molecule has 3 aromatic rings. The van der Waals surface area contributed by atoms with Gasteiger partial charge in [0.05, 0.1) is 5.52 Å². The number of H-pyrrole nitrogens is 1. The first-order valence-corrected chi connectivity index (χ1v) is 8.53. The van der Waals surface area contributed by atoms with Gasteiger partial charge in [-0.05, 0) is 49.2 Å².